The van der Waals surface area contributed by atoms with Crippen LogP contribution in [0.1, 0.15) is 12.7 Å². The van der Waals surface area contributed by atoms with Crippen molar-refractivity contribution in [2.24, 2.45) is 0 Å². The lowest BCUT2D eigenvalue weighted by Crippen LogP contribution is -2.14. The van der Waals surface area contributed by atoms with Gasteiger partial charge in [0.05, 0.1) is 12.8 Å². The van der Waals surface area contributed by atoms with Gasteiger partial charge in [-0.2, -0.15) is 13.2 Å². The predicted octanol–water partition coefficient (Wildman–Crippen LogP) is 3.00. The fraction of sp³-hybridized carbons (Fsp3) is 0.308. The molecule has 2 aromatic heterocycles. The standard InChI is InChI=1S/C13H13F3N4O/c1-3-17-10-7-8(19-12(20-10)13(14,15)16)11-9(21-2)5-4-6-18-11/h4-7H,3H2,1-2H3,(H,17,19,20). The van der Waals surface area contributed by atoms with Crippen LogP contribution < -0.4 is 10.1 Å². The first kappa shape index (κ1) is 15.0. The van der Waals surface area contributed by atoms with Crippen LogP contribution in [-0.4, -0.2) is 28.6 Å². The molecule has 0 aromatic carbocycles. The molecule has 2 aromatic rings. The number of methoxy groups -OCH3 is 1. The first-order valence-electron chi connectivity index (χ1n) is 6.15. The Hall–Kier alpha value is -2.38. The fourth-order valence-corrected chi connectivity index (χ4v) is 1.71. The molecule has 2 heterocycles. The Morgan fingerprint density at radius 3 is 2.67 bits per heavy atom. The van der Waals surface area contributed by atoms with Crippen LogP contribution in [0.25, 0.3) is 11.4 Å². The summed E-state index contributed by atoms with van der Waals surface area (Å²) in [6.45, 7) is 2.20. The Labute approximate surface area is 119 Å². The lowest BCUT2D eigenvalue weighted by Gasteiger charge is -2.12. The highest BCUT2D eigenvalue weighted by Crippen LogP contribution is 2.32. The van der Waals surface area contributed by atoms with E-state index in [4.69, 9.17) is 4.74 Å². The lowest BCUT2D eigenvalue weighted by molar-refractivity contribution is -0.144. The highest BCUT2D eigenvalue weighted by molar-refractivity contribution is 5.65. The zero-order valence-corrected chi connectivity index (χ0v) is 11.4. The minimum absolute atomic E-state index is 0.0470. The molecule has 0 aliphatic carbocycles. The Morgan fingerprint density at radius 1 is 1.29 bits per heavy atom. The van der Waals surface area contributed by atoms with Crippen LogP contribution in [0.15, 0.2) is 24.4 Å². The van der Waals surface area contributed by atoms with Gasteiger partial charge in [-0.3, -0.25) is 4.98 Å². The number of anilines is 1. The van der Waals surface area contributed by atoms with Gasteiger partial charge in [0.1, 0.15) is 17.3 Å². The number of nitrogens with zero attached hydrogens (tertiary/aromatic N) is 3. The van der Waals surface area contributed by atoms with E-state index >= 15 is 0 Å². The Kier molecular flexibility index (Phi) is 4.25. The van der Waals surface area contributed by atoms with Gasteiger partial charge in [0.15, 0.2) is 0 Å². The molecule has 21 heavy (non-hydrogen) atoms. The summed E-state index contributed by atoms with van der Waals surface area (Å²) in [4.78, 5) is 11.0. The number of alkyl halides is 3. The monoisotopic (exact) mass is 298 g/mol. The van der Waals surface area contributed by atoms with E-state index in [-0.39, 0.29) is 17.2 Å². The average molecular weight is 298 g/mol. The molecular formula is C13H13F3N4O. The van der Waals surface area contributed by atoms with E-state index in [9.17, 15) is 13.2 Å². The second-order valence-electron chi connectivity index (χ2n) is 4.04. The van der Waals surface area contributed by atoms with E-state index in [2.05, 4.69) is 20.3 Å². The Balaban J connectivity index is 2.59. The normalized spacial score (nSPS) is 11.3. The van der Waals surface area contributed by atoms with Gasteiger partial charge in [0.25, 0.3) is 0 Å². The smallest absolute Gasteiger partial charge is 0.451 e. The minimum Gasteiger partial charge on any atom is -0.494 e. The zero-order chi connectivity index (χ0) is 15.5. The van der Waals surface area contributed by atoms with Crippen molar-refractivity contribution in [3.05, 3.63) is 30.2 Å². The summed E-state index contributed by atoms with van der Waals surface area (Å²) in [5.41, 5.74) is 0.276. The largest absolute Gasteiger partial charge is 0.494 e. The van der Waals surface area contributed by atoms with Crippen LogP contribution in [0.2, 0.25) is 0 Å². The first-order valence-corrected chi connectivity index (χ1v) is 6.15. The molecule has 0 spiro atoms. The molecule has 0 unspecified atom stereocenters. The number of hydrogen-bond acceptors (Lipinski definition) is 5. The highest BCUT2D eigenvalue weighted by Gasteiger charge is 2.35. The third-order valence-corrected chi connectivity index (χ3v) is 2.57. The third kappa shape index (κ3) is 3.39. The van der Waals surface area contributed by atoms with E-state index in [0.29, 0.717) is 12.3 Å². The molecule has 0 bridgehead atoms. The van der Waals surface area contributed by atoms with Gasteiger partial charge in [-0.05, 0) is 19.1 Å². The minimum atomic E-state index is -4.64. The molecule has 0 aliphatic rings. The molecule has 0 radical (unpaired) electrons. The Bertz CT molecular complexity index is 631. The van der Waals surface area contributed by atoms with Gasteiger partial charge in [-0.1, -0.05) is 0 Å². The maximum atomic E-state index is 12.9. The summed E-state index contributed by atoms with van der Waals surface area (Å²) in [6.07, 6.45) is -3.18. The molecule has 8 heteroatoms. The summed E-state index contributed by atoms with van der Waals surface area (Å²) < 4.78 is 43.7. The molecule has 0 saturated carbocycles. The van der Waals surface area contributed by atoms with Crippen LogP contribution in [0.5, 0.6) is 5.75 Å². The van der Waals surface area contributed by atoms with Gasteiger partial charge >= 0.3 is 6.18 Å². The van der Waals surface area contributed by atoms with Gasteiger partial charge in [-0.25, -0.2) is 9.97 Å². The molecule has 0 amide bonds. The highest BCUT2D eigenvalue weighted by atomic mass is 19.4. The van der Waals surface area contributed by atoms with Gasteiger partial charge in [-0.15, -0.1) is 0 Å². The maximum absolute atomic E-state index is 12.9. The van der Waals surface area contributed by atoms with E-state index < -0.39 is 12.0 Å². The SMILES string of the molecule is CCNc1cc(-c2ncccc2OC)nc(C(F)(F)F)n1. The topological polar surface area (TPSA) is 59.9 Å². The number of halogens is 3. The predicted molar refractivity (Wildman–Crippen MR) is 71.0 cm³/mol. The number of ether oxygens (including phenoxy) is 1. The Morgan fingerprint density at radius 2 is 2.05 bits per heavy atom. The van der Waals surface area contributed by atoms with Crippen molar-refractivity contribution in [3.8, 4) is 17.1 Å². The quantitative estimate of drug-likeness (QED) is 0.940. The van der Waals surface area contributed by atoms with E-state index in [1.807, 2.05) is 0 Å². The lowest BCUT2D eigenvalue weighted by atomic mass is 10.2. The van der Waals surface area contributed by atoms with Crippen LogP contribution in [0.4, 0.5) is 19.0 Å². The van der Waals surface area contributed by atoms with Crippen molar-refractivity contribution in [3.63, 3.8) is 0 Å². The number of nitrogens with one attached hydrogen (secondary N) is 1. The van der Waals surface area contributed by atoms with Crippen LogP contribution in [0.3, 0.4) is 0 Å². The summed E-state index contributed by atoms with van der Waals surface area (Å²) in [6, 6.07) is 4.63. The second kappa shape index (κ2) is 5.94. The van der Waals surface area contributed by atoms with E-state index in [1.54, 1.807) is 19.1 Å². The number of pyridine rings is 1. The molecule has 0 atom stereocenters. The molecular weight excluding hydrogens is 285 g/mol. The van der Waals surface area contributed by atoms with Crippen LogP contribution in [-0.2, 0) is 6.18 Å². The van der Waals surface area contributed by atoms with Crippen molar-refractivity contribution < 1.29 is 17.9 Å². The van der Waals surface area contributed by atoms with Crippen molar-refractivity contribution in [1.29, 1.82) is 0 Å². The molecule has 0 aliphatic heterocycles. The van der Waals surface area contributed by atoms with E-state index in [1.165, 1.54) is 19.4 Å². The number of hydrogen-bond donors (Lipinski definition) is 1. The average Bonchev–Trinajstić information content (AvgIpc) is 2.46. The zero-order valence-electron chi connectivity index (χ0n) is 11.4. The van der Waals surface area contributed by atoms with Gasteiger partial charge in [0, 0.05) is 18.8 Å². The third-order valence-electron chi connectivity index (χ3n) is 2.57. The number of rotatable bonds is 4. The summed E-state index contributed by atoms with van der Waals surface area (Å²) in [7, 11) is 1.41. The molecule has 2 rings (SSSR count). The molecule has 0 fully saturated rings. The second-order valence-corrected chi connectivity index (χ2v) is 4.04. The number of aromatic nitrogens is 3. The first-order chi connectivity index (χ1) is 9.95. The summed E-state index contributed by atoms with van der Waals surface area (Å²) in [5.74, 6) is -0.794. The summed E-state index contributed by atoms with van der Waals surface area (Å²) in [5, 5.41) is 2.75. The summed E-state index contributed by atoms with van der Waals surface area (Å²) >= 11 is 0. The van der Waals surface area contributed by atoms with Gasteiger partial charge in [0.2, 0.25) is 5.82 Å². The molecule has 112 valence electrons. The van der Waals surface area contributed by atoms with Crippen LogP contribution in [0, 0.1) is 0 Å². The van der Waals surface area contributed by atoms with Crippen molar-refractivity contribution >= 4 is 5.82 Å². The maximum Gasteiger partial charge on any atom is 0.451 e. The fourth-order valence-electron chi connectivity index (χ4n) is 1.71. The molecule has 0 saturated heterocycles. The van der Waals surface area contributed by atoms with Gasteiger partial charge < -0.3 is 10.1 Å². The van der Waals surface area contributed by atoms with Crippen molar-refractivity contribution in [2.75, 3.05) is 19.0 Å². The van der Waals surface area contributed by atoms with Crippen molar-refractivity contribution in [2.45, 2.75) is 13.1 Å². The van der Waals surface area contributed by atoms with E-state index in [0.717, 1.165) is 0 Å². The molecule has 5 nitrogen and oxygen atoms in total. The van der Waals surface area contributed by atoms with Crippen LogP contribution >= 0.6 is 0 Å². The van der Waals surface area contributed by atoms with Crippen molar-refractivity contribution in [1.82, 2.24) is 15.0 Å². The molecule has 1 N–H and O–H groups in total.